The van der Waals surface area contributed by atoms with E-state index in [0.717, 1.165) is 25.2 Å². The first-order valence-electron chi connectivity index (χ1n) is 7.26. The molecule has 1 saturated heterocycles. The average Bonchev–Trinajstić information content (AvgIpc) is 2.73. The molecule has 0 bridgehead atoms. The summed E-state index contributed by atoms with van der Waals surface area (Å²) in [6.45, 7) is 3.21. The van der Waals surface area contributed by atoms with Crippen LogP contribution < -0.4 is 5.32 Å². The quantitative estimate of drug-likeness (QED) is 0.793. The third kappa shape index (κ3) is 4.42. The Morgan fingerprint density at radius 3 is 2.38 bits per heavy atom. The minimum absolute atomic E-state index is 0.808. The van der Waals surface area contributed by atoms with Gasteiger partial charge in [-0.2, -0.15) is 0 Å². The second kappa shape index (κ2) is 7.29. The molecule has 0 radical (unpaired) electrons. The van der Waals surface area contributed by atoms with Crippen LogP contribution in [0, 0.1) is 5.92 Å². The van der Waals surface area contributed by atoms with E-state index in [4.69, 9.17) is 4.74 Å². The fourth-order valence-corrected chi connectivity index (χ4v) is 2.96. The van der Waals surface area contributed by atoms with Gasteiger partial charge in [-0.1, -0.05) is 32.1 Å². The summed E-state index contributed by atoms with van der Waals surface area (Å²) in [6.07, 6.45) is 12.6. The molecular formula is C14H27NO. The Hall–Kier alpha value is -0.0800. The van der Waals surface area contributed by atoms with Crippen LogP contribution in [0.2, 0.25) is 0 Å². The Kier molecular flexibility index (Phi) is 5.64. The van der Waals surface area contributed by atoms with Gasteiger partial charge in [0.15, 0.2) is 0 Å². The Bertz CT molecular complexity index is 170. The summed E-state index contributed by atoms with van der Waals surface area (Å²) < 4.78 is 5.41. The first-order chi connectivity index (χ1) is 7.95. The van der Waals surface area contributed by atoms with Gasteiger partial charge in [0.05, 0.1) is 0 Å². The Morgan fingerprint density at radius 2 is 1.69 bits per heavy atom. The van der Waals surface area contributed by atoms with Gasteiger partial charge in [0.2, 0.25) is 0 Å². The lowest BCUT2D eigenvalue weighted by Crippen LogP contribution is -2.31. The van der Waals surface area contributed by atoms with E-state index in [1.165, 1.54) is 64.3 Å². The standard InChI is InChI=1S/C14H27NO/c1-2-4-6-14(7-5-3-1)15-10-8-13-9-11-16-12-13/h13-15H,1-12H2. The highest BCUT2D eigenvalue weighted by Gasteiger charge is 2.16. The van der Waals surface area contributed by atoms with Crippen LogP contribution in [0.15, 0.2) is 0 Å². The molecule has 1 atom stereocenters. The van der Waals surface area contributed by atoms with Crippen molar-refractivity contribution in [2.75, 3.05) is 19.8 Å². The van der Waals surface area contributed by atoms with Crippen LogP contribution in [0.3, 0.4) is 0 Å². The Morgan fingerprint density at radius 1 is 0.938 bits per heavy atom. The summed E-state index contributed by atoms with van der Waals surface area (Å²) in [7, 11) is 0. The van der Waals surface area contributed by atoms with Crippen molar-refractivity contribution in [3.8, 4) is 0 Å². The van der Waals surface area contributed by atoms with Crippen molar-refractivity contribution < 1.29 is 4.74 Å². The summed E-state index contributed by atoms with van der Waals surface area (Å²) in [5, 5.41) is 3.76. The van der Waals surface area contributed by atoms with E-state index in [2.05, 4.69) is 5.32 Å². The molecular weight excluding hydrogens is 198 g/mol. The minimum Gasteiger partial charge on any atom is -0.381 e. The predicted molar refractivity (Wildman–Crippen MR) is 67.7 cm³/mol. The first kappa shape index (κ1) is 12.4. The topological polar surface area (TPSA) is 21.3 Å². The van der Waals surface area contributed by atoms with Gasteiger partial charge in [-0.05, 0) is 38.1 Å². The molecule has 1 aliphatic heterocycles. The van der Waals surface area contributed by atoms with Crippen molar-refractivity contribution >= 4 is 0 Å². The van der Waals surface area contributed by atoms with Gasteiger partial charge in [0.25, 0.3) is 0 Å². The normalized spacial score (nSPS) is 28.9. The first-order valence-corrected chi connectivity index (χ1v) is 7.26. The van der Waals surface area contributed by atoms with Crippen LogP contribution in [-0.2, 0) is 4.74 Å². The molecule has 94 valence electrons. The lowest BCUT2D eigenvalue weighted by atomic mass is 9.96. The molecule has 0 spiro atoms. The Balaban J connectivity index is 1.56. The van der Waals surface area contributed by atoms with E-state index >= 15 is 0 Å². The highest BCUT2D eigenvalue weighted by Crippen LogP contribution is 2.18. The zero-order valence-corrected chi connectivity index (χ0v) is 10.5. The average molecular weight is 225 g/mol. The van der Waals surface area contributed by atoms with Crippen LogP contribution in [0.1, 0.15) is 57.8 Å². The lowest BCUT2D eigenvalue weighted by Gasteiger charge is -2.21. The van der Waals surface area contributed by atoms with Crippen LogP contribution in [0.5, 0.6) is 0 Å². The molecule has 1 saturated carbocycles. The van der Waals surface area contributed by atoms with Gasteiger partial charge in [-0.3, -0.25) is 0 Å². The molecule has 1 aliphatic carbocycles. The molecule has 2 rings (SSSR count). The smallest absolute Gasteiger partial charge is 0.0495 e. The molecule has 0 amide bonds. The van der Waals surface area contributed by atoms with Crippen LogP contribution in [0.25, 0.3) is 0 Å². The van der Waals surface area contributed by atoms with E-state index in [0.29, 0.717) is 0 Å². The van der Waals surface area contributed by atoms with Gasteiger partial charge in [-0.25, -0.2) is 0 Å². The van der Waals surface area contributed by atoms with Crippen molar-refractivity contribution in [2.45, 2.75) is 63.8 Å². The highest BCUT2D eigenvalue weighted by atomic mass is 16.5. The number of hydrogen-bond donors (Lipinski definition) is 1. The number of rotatable bonds is 4. The van der Waals surface area contributed by atoms with Gasteiger partial charge < -0.3 is 10.1 Å². The number of nitrogens with one attached hydrogen (secondary N) is 1. The lowest BCUT2D eigenvalue weighted by molar-refractivity contribution is 0.183. The second-order valence-corrected chi connectivity index (χ2v) is 5.51. The van der Waals surface area contributed by atoms with Crippen LogP contribution >= 0.6 is 0 Å². The molecule has 1 heterocycles. The number of ether oxygens (including phenoxy) is 1. The Labute approximate surface area is 100 Å². The van der Waals surface area contributed by atoms with E-state index in [9.17, 15) is 0 Å². The molecule has 0 aromatic carbocycles. The van der Waals surface area contributed by atoms with E-state index < -0.39 is 0 Å². The third-order valence-electron chi connectivity index (χ3n) is 4.11. The number of hydrogen-bond acceptors (Lipinski definition) is 2. The van der Waals surface area contributed by atoms with E-state index in [-0.39, 0.29) is 0 Å². The maximum atomic E-state index is 5.41. The zero-order valence-electron chi connectivity index (χ0n) is 10.5. The van der Waals surface area contributed by atoms with Crippen molar-refractivity contribution in [3.63, 3.8) is 0 Å². The van der Waals surface area contributed by atoms with Gasteiger partial charge in [-0.15, -0.1) is 0 Å². The molecule has 2 heteroatoms. The van der Waals surface area contributed by atoms with Gasteiger partial charge in [0.1, 0.15) is 0 Å². The van der Waals surface area contributed by atoms with Crippen molar-refractivity contribution in [1.29, 1.82) is 0 Å². The fourth-order valence-electron chi connectivity index (χ4n) is 2.96. The van der Waals surface area contributed by atoms with E-state index in [1.807, 2.05) is 0 Å². The third-order valence-corrected chi connectivity index (χ3v) is 4.11. The zero-order chi connectivity index (χ0) is 11.1. The molecule has 1 unspecified atom stereocenters. The van der Waals surface area contributed by atoms with Crippen molar-refractivity contribution in [1.82, 2.24) is 5.32 Å². The monoisotopic (exact) mass is 225 g/mol. The van der Waals surface area contributed by atoms with Crippen molar-refractivity contribution in [3.05, 3.63) is 0 Å². The molecule has 0 aromatic heterocycles. The summed E-state index contributed by atoms with van der Waals surface area (Å²) in [6, 6.07) is 0.808. The molecule has 0 aromatic rings. The van der Waals surface area contributed by atoms with Crippen LogP contribution in [0.4, 0.5) is 0 Å². The molecule has 16 heavy (non-hydrogen) atoms. The summed E-state index contributed by atoms with van der Waals surface area (Å²) in [5.74, 6) is 0.834. The predicted octanol–water partition coefficient (Wildman–Crippen LogP) is 3.12. The summed E-state index contributed by atoms with van der Waals surface area (Å²) in [4.78, 5) is 0. The second-order valence-electron chi connectivity index (χ2n) is 5.51. The SMILES string of the molecule is C1CCCC(NCCC2CCOC2)CCC1. The van der Waals surface area contributed by atoms with Gasteiger partial charge in [0, 0.05) is 19.3 Å². The molecule has 2 fully saturated rings. The van der Waals surface area contributed by atoms with Crippen LogP contribution in [-0.4, -0.2) is 25.8 Å². The van der Waals surface area contributed by atoms with Crippen molar-refractivity contribution in [2.24, 2.45) is 5.92 Å². The fraction of sp³-hybridized carbons (Fsp3) is 1.00. The maximum Gasteiger partial charge on any atom is 0.0495 e. The molecule has 2 nitrogen and oxygen atoms in total. The maximum absolute atomic E-state index is 5.41. The van der Waals surface area contributed by atoms with E-state index in [1.54, 1.807) is 0 Å². The van der Waals surface area contributed by atoms with Gasteiger partial charge >= 0.3 is 0 Å². The summed E-state index contributed by atoms with van der Waals surface area (Å²) in [5.41, 5.74) is 0. The summed E-state index contributed by atoms with van der Waals surface area (Å²) >= 11 is 0. The molecule has 1 N–H and O–H groups in total. The molecule has 2 aliphatic rings. The highest BCUT2D eigenvalue weighted by molar-refractivity contribution is 4.72. The largest absolute Gasteiger partial charge is 0.381 e. The minimum atomic E-state index is 0.808.